The molecule has 1 aromatic carbocycles. The highest BCUT2D eigenvalue weighted by molar-refractivity contribution is 5.83. The van der Waals surface area contributed by atoms with E-state index in [2.05, 4.69) is 23.8 Å². The molecule has 0 radical (unpaired) electrons. The highest BCUT2D eigenvalue weighted by Gasteiger charge is 2.22. The minimum Gasteiger partial charge on any atom is -0.497 e. The van der Waals surface area contributed by atoms with Crippen LogP contribution in [0.5, 0.6) is 5.75 Å². The molecule has 1 heterocycles. The minimum atomic E-state index is -0.602. The van der Waals surface area contributed by atoms with Crippen LogP contribution in [0.3, 0.4) is 0 Å². The molecular formula is C19H26N2O2. The van der Waals surface area contributed by atoms with Crippen molar-refractivity contribution < 1.29 is 9.84 Å². The second kappa shape index (κ2) is 8.09. The molecule has 4 nitrogen and oxygen atoms in total. The molecule has 0 fully saturated rings. The van der Waals surface area contributed by atoms with E-state index < -0.39 is 6.10 Å². The average molecular weight is 314 g/mol. The Morgan fingerprint density at radius 3 is 2.78 bits per heavy atom. The number of aliphatic hydroxyl groups is 1. The van der Waals surface area contributed by atoms with Crippen LogP contribution in [-0.4, -0.2) is 30.3 Å². The Kier molecular flexibility index (Phi) is 6.13. The molecule has 2 N–H and O–H groups in total. The van der Waals surface area contributed by atoms with Gasteiger partial charge in [-0.05, 0) is 55.6 Å². The zero-order valence-electron chi connectivity index (χ0n) is 14.1. The van der Waals surface area contributed by atoms with Crippen LogP contribution >= 0.6 is 0 Å². The van der Waals surface area contributed by atoms with E-state index in [-0.39, 0.29) is 6.04 Å². The summed E-state index contributed by atoms with van der Waals surface area (Å²) in [5.74, 6) is 1.20. The van der Waals surface area contributed by atoms with Crippen LogP contribution in [0.25, 0.3) is 10.9 Å². The Hall–Kier alpha value is -1.91. The van der Waals surface area contributed by atoms with Crippen molar-refractivity contribution in [2.75, 3.05) is 14.2 Å². The molecule has 2 aromatic rings. The van der Waals surface area contributed by atoms with E-state index in [1.807, 2.05) is 37.4 Å². The number of ether oxygens (including phenoxy) is 1. The zero-order chi connectivity index (χ0) is 16.8. The van der Waals surface area contributed by atoms with Gasteiger partial charge in [0.1, 0.15) is 5.75 Å². The van der Waals surface area contributed by atoms with Crippen molar-refractivity contribution in [2.45, 2.75) is 31.9 Å². The third-order valence-electron chi connectivity index (χ3n) is 4.39. The van der Waals surface area contributed by atoms with E-state index in [1.165, 1.54) is 0 Å². The summed E-state index contributed by atoms with van der Waals surface area (Å²) in [4.78, 5) is 4.37. The van der Waals surface area contributed by atoms with Crippen molar-refractivity contribution in [3.05, 3.63) is 48.7 Å². The predicted molar refractivity (Wildman–Crippen MR) is 94.7 cm³/mol. The summed E-state index contributed by atoms with van der Waals surface area (Å²) in [5.41, 5.74) is 1.73. The largest absolute Gasteiger partial charge is 0.497 e. The number of benzene rings is 1. The molecule has 0 aliphatic rings. The molecule has 3 atom stereocenters. The normalized spacial score (nSPS) is 15.1. The van der Waals surface area contributed by atoms with Gasteiger partial charge in [0.25, 0.3) is 0 Å². The summed E-state index contributed by atoms with van der Waals surface area (Å²) >= 11 is 0. The van der Waals surface area contributed by atoms with Gasteiger partial charge in [-0.25, -0.2) is 0 Å². The molecule has 0 aliphatic heterocycles. The lowest BCUT2D eigenvalue weighted by molar-refractivity contribution is 0.126. The molecule has 2 rings (SSSR count). The fourth-order valence-electron chi connectivity index (χ4n) is 2.77. The number of aliphatic hydroxyl groups excluding tert-OH is 1. The molecule has 0 saturated carbocycles. The third kappa shape index (κ3) is 4.09. The highest BCUT2D eigenvalue weighted by atomic mass is 16.5. The van der Waals surface area contributed by atoms with Gasteiger partial charge in [-0.3, -0.25) is 4.98 Å². The maximum absolute atomic E-state index is 10.9. The van der Waals surface area contributed by atoms with Crippen LogP contribution in [0.15, 0.2) is 43.1 Å². The van der Waals surface area contributed by atoms with E-state index in [1.54, 1.807) is 13.3 Å². The van der Waals surface area contributed by atoms with E-state index in [0.717, 1.165) is 35.1 Å². The van der Waals surface area contributed by atoms with E-state index in [0.29, 0.717) is 5.92 Å². The van der Waals surface area contributed by atoms with Crippen LogP contribution in [-0.2, 0) is 0 Å². The number of methoxy groups -OCH3 is 1. The topological polar surface area (TPSA) is 54.4 Å². The number of hydrogen-bond acceptors (Lipinski definition) is 4. The first-order chi connectivity index (χ1) is 11.1. The van der Waals surface area contributed by atoms with Gasteiger partial charge in [-0.15, -0.1) is 6.58 Å². The molecule has 4 heteroatoms. The number of fused-ring (bicyclic) bond motifs is 1. The molecule has 0 unspecified atom stereocenters. The van der Waals surface area contributed by atoms with Gasteiger partial charge in [0.2, 0.25) is 0 Å². The van der Waals surface area contributed by atoms with E-state index >= 15 is 0 Å². The molecule has 0 aliphatic carbocycles. The lowest BCUT2D eigenvalue weighted by Crippen LogP contribution is -2.32. The number of nitrogens with zero attached hydrogens (tertiary/aromatic N) is 1. The number of aromatic nitrogens is 1. The Bertz CT molecular complexity index is 657. The predicted octanol–water partition coefficient (Wildman–Crippen LogP) is 3.47. The van der Waals surface area contributed by atoms with Crippen molar-refractivity contribution >= 4 is 10.9 Å². The summed E-state index contributed by atoms with van der Waals surface area (Å²) in [6, 6.07) is 7.59. The SMILES string of the molecule is C=C[C@@H](C)CC[C@@H](NC)[C@@H](O)c1ccnc2ccc(OC)cc12. The average Bonchev–Trinajstić information content (AvgIpc) is 2.60. The number of hydrogen-bond donors (Lipinski definition) is 2. The zero-order valence-corrected chi connectivity index (χ0v) is 14.1. The second-order valence-corrected chi connectivity index (χ2v) is 5.91. The molecule has 0 spiro atoms. The number of likely N-dealkylation sites (N-methyl/N-ethyl adjacent to an activating group) is 1. The molecule has 0 amide bonds. The third-order valence-corrected chi connectivity index (χ3v) is 4.39. The maximum atomic E-state index is 10.9. The number of nitrogens with one attached hydrogen (secondary N) is 1. The monoisotopic (exact) mass is 314 g/mol. The minimum absolute atomic E-state index is 0.0193. The van der Waals surface area contributed by atoms with Crippen LogP contribution < -0.4 is 10.1 Å². The lowest BCUT2D eigenvalue weighted by Gasteiger charge is -2.24. The van der Waals surface area contributed by atoms with Crippen molar-refractivity contribution in [1.82, 2.24) is 10.3 Å². The van der Waals surface area contributed by atoms with Gasteiger partial charge in [-0.2, -0.15) is 0 Å². The van der Waals surface area contributed by atoms with Gasteiger partial charge >= 0.3 is 0 Å². The maximum Gasteiger partial charge on any atom is 0.119 e. The molecular weight excluding hydrogens is 288 g/mol. The summed E-state index contributed by atoms with van der Waals surface area (Å²) in [5, 5.41) is 15.0. The Labute approximate surface area is 138 Å². The first-order valence-corrected chi connectivity index (χ1v) is 8.01. The molecule has 124 valence electrons. The van der Waals surface area contributed by atoms with Crippen molar-refractivity contribution in [1.29, 1.82) is 0 Å². The van der Waals surface area contributed by atoms with Crippen LogP contribution in [0.1, 0.15) is 31.4 Å². The van der Waals surface area contributed by atoms with Crippen molar-refractivity contribution in [3.63, 3.8) is 0 Å². The van der Waals surface area contributed by atoms with E-state index in [9.17, 15) is 5.11 Å². The van der Waals surface area contributed by atoms with Crippen LogP contribution in [0.2, 0.25) is 0 Å². The van der Waals surface area contributed by atoms with Crippen molar-refractivity contribution in [3.8, 4) is 5.75 Å². The smallest absolute Gasteiger partial charge is 0.119 e. The number of pyridine rings is 1. The van der Waals surface area contributed by atoms with Gasteiger partial charge in [0, 0.05) is 17.6 Å². The van der Waals surface area contributed by atoms with Gasteiger partial charge < -0.3 is 15.2 Å². The highest BCUT2D eigenvalue weighted by Crippen LogP contribution is 2.29. The summed E-state index contributed by atoms with van der Waals surface area (Å²) in [7, 11) is 3.52. The van der Waals surface area contributed by atoms with Crippen LogP contribution in [0.4, 0.5) is 0 Å². The van der Waals surface area contributed by atoms with Crippen LogP contribution in [0, 0.1) is 5.92 Å². The first-order valence-electron chi connectivity index (χ1n) is 8.01. The standard InChI is InChI=1S/C19H26N2O2/c1-5-13(2)6-8-18(20-3)19(22)15-10-11-21-17-9-7-14(23-4)12-16(15)17/h5,7,9-13,18-20,22H,1,6,8H2,2-4H3/t13-,18-,19+/m1/s1. The van der Waals surface area contributed by atoms with E-state index in [4.69, 9.17) is 4.74 Å². The Balaban J connectivity index is 2.31. The Morgan fingerprint density at radius 2 is 2.13 bits per heavy atom. The quantitative estimate of drug-likeness (QED) is 0.733. The summed E-state index contributed by atoms with van der Waals surface area (Å²) in [6.07, 6.45) is 4.95. The molecule has 23 heavy (non-hydrogen) atoms. The fourth-order valence-corrected chi connectivity index (χ4v) is 2.77. The van der Waals surface area contributed by atoms with Gasteiger partial charge in [0.05, 0.1) is 18.7 Å². The molecule has 0 bridgehead atoms. The second-order valence-electron chi connectivity index (χ2n) is 5.91. The van der Waals surface area contributed by atoms with Gasteiger partial charge in [-0.1, -0.05) is 13.0 Å². The van der Waals surface area contributed by atoms with Gasteiger partial charge in [0.15, 0.2) is 0 Å². The number of allylic oxidation sites excluding steroid dienone is 1. The fraction of sp³-hybridized carbons (Fsp3) is 0.421. The number of rotatable bonds is 8. The van der Waals surface area contributed by atoms with Crippen molar-refractivity contribution in [2.24, 2.45) is 5.92 Å². The Morgan fingerprint density at radius 1 is 1.35 bits per heavy atom. The molecule has 1 aromatic heterocycles. The molecule has 0 saturated heterocycles. The summed E-state index contributed by atoms with van der Waals surface area (Å²) in [6.45, 7) is 5.96. The lowest BCUT2D eigenvalue weighted by atomic mass is 9.93. The first kappa shape index (κ1) is 17.4. The summed E-state index contributed by atoms with van der Waals surface area (Å²) < 4.78 is 5.30.